The molecule has 0 aromatic heterocycles. The average molecular weight is 253 g/mol. The molecule has 0 heterocycles. The Morgan fingerprint density at radius 1 is 1.47 bits per heavy atom. The van der Waals surface area contributed by atoms with Crippen molar-refractivity contribution in [2.45, 2.75) is 27.2 Å². The predicted octanol–water partition coefficient (Wildman–Crippen LogP) is 3.79. The molecule has 0 aliphatic carbocycles. The lowest BCUT2D eigenvalue weighted by atomic mass is 9.94. The van der Waals surface area contributed by atoms with Crippen LogP contribution in [0.5, 0.6) is 0 Å². The van der Waals surface area contributed by atoms with Gasteiger partial charge in [0.1, 0.15) is 0 Å². The number of benzene rings is 1. The number of carbonyl (C=O) groups excluding carboxylic acids is 1. The smallest absolute Gasteiger partial charge is 0.338 e. The molecule has 0 unspecified atom stereocenters. The number of rotatable bonds is 3. The summed E-state index contributed by atoms with van der Waals surface area (Å²) in [4.78, 5) is 11.7. The number of ether oxygens (including phenoxy) is 1. The third-order valence-electron chi connectivity index (χ3n) is 2.87. The summed E-state index contributed by atoms with van der Waals surface area (Å²) in [7, 11) is 1.39. The average Bonchev–Trinajstić information content (AvgIpc) is 2.34. The van der Waals surface area contributed by atoms with Gasteiger partial charge in [0.25, 0.3) is 0 Å². The first-order valence-electron chi connectivity index (χ1n) is 5.59. The molecular formula is C14H17ClO2. The van der Waals surface area contributed by atoms with Crippen LogP contribution in [-0.2, 0) is 16.0 Å². The van der Waals surface area contributed by atoms with Crippen molar-refractivity contribution >= 4 is 23.1 Å². The summed E-state index contributed by atoms with van der Waals surface area (Å²) in [5, 5.41) is 0.728. The number of halogens is 1. The molecule has 1 aromatic carbocycles. The van der Waals surface area contributed by atoms with Crippen LogP contribution >= 0.6 is 11.6 Å². The van der Waals surface area contributed by atoms with Crippen LogP contribution in [0.4, 0.5) is 0 Å². The van der Waals surface area contributed by atoms with E-state index in [4.69, 9.17) is 16.3 Å². The van der Waals surface area contributed by atoms with Gasteiger partial charge in [-0.25, -0.2) is 4.79 Å². The van der Waals surface area contributed by atoms with Crippen molar-refractivity contribution in [3.8, 4) is 0 Å². The predicted molar refractivity (Wildman–Crippen MR) is 71.2 cm³/mol. The van der Waals surface area contributed by atoms with Crippen LogP contribution in [0.3, 0.4) is 0 Å². The minimum Gasteiger partial charge on any atom is -0.465 e. The van der Waals surface area contributed by atoms with Crippen LogP contribution in [0.1, 0.15) is 30.5 Å². The van der Waals surface area contributed by atoms with Gasteiger partial charge >= 0.3 is 5.97 Å². The molecule has 0 atom stereocenters. The van der Waals surface area contributed by atoms with E-state index in [-0.39, 0.29) is 5.97 Å². The number of hydrogen-bond acceptors (Lipinski definition) is 2. The van der Waals surface area contributed by atoms with Crippen LogP contribution in [0.2, 0.25) is 5.02 Å². The molecule has 17 heavy (non-hydrogen) atoms. The van der Waals surface area contributed by atoms with Gasteiger partial charge in [-0.1, -0.05) is 30.7 Å². The fraction of sp³-hybridized carbons (Fsp3) is 0.357. The molecule has 1 rings (SSSR count). The van der Waals surface area contributed by atoms with Crippen LogP contribution < -0.4 is 0 Å². The minimum atomic E-state index is -0.316. The Kier molecular flexibility index (Phi) is 4.76. The van der Waals surface area contributed by atoms with Crippen molar-refractivity contribution in [2.24, 2.45) is 0 Å². The molecule has 0 amide bonds. The van der Waals surface area contributed by atoms with E-state index < -0.39 is 0 Å². The molecule has 0 aliphatic rings. The number of esters is 1. The lowest BCUT2D eigenvalue weighted by Gasteiger charge is -2.14. The second kappa shape index (κ2) is 5.87. The molecule has 0 saturated heterocycles. The molecule has 0 fully saturated rings. The summed E-state index contributed by atoms with van der Waals surface area (Å²) in [6.07, 6.45) is 2.60. The summed E-state index contributed by atoms with van der Waals surface area (Å²) in [5.41, 5.74) is 3.61. The van der Waals surface area contributed by atoms with Crippen molar-refractivity contribution in [2.75, 3.05) is 7.11 Å². The Hall–Kier alpha value is -1.28. The maximum absolute atomic E-state index is 11.7. The Labute approximate surface area is 107 Å². The summed E-state index contributed by atoms with van der Waals surface area (Å²) in [6.45, 7) is 5.84. The largest absolute Gasteiger partial charge is 0.465 e. The molecule has 92 valence electrons. The van der Waals surface area contributed by atoms with Gasteiger partial charge in [-0.15, -0.1) is 0 Å². The zero-order valence-corrected chi connectivity index (χ0v) is 11.4. The topological polar surface area (TPSA) is 26.3 Å². The lowest BCUT2D eigenvalue weighted by Crippen LogP contribution is -2.07. The maximum atomic E-state index is 11.7. The molecule has 2 nitrogen and oxygen atoms in total. The molecule has 0 radical (unpaired) electrons. The van der Waals surface area contributed by atoms with Gasteiger partial charge in [0.05, 0.1) is 12.7 Å². The quantitative estimate of drug-likeness (QED) is 0.604. The molecule has 0 aliphatic heterocycles. The highest BCUT2D eigenvalue weighted by atomic mass is 35.5. The van der Waals surface area contributed by atoms with Crippen molar-refractivity contribution in [1.82, 2.24) is 0 Å². The molecule has 1 aromatic rings. The first kappa shape index (κ1) is 13.8. The zero-order chi connectivity index (χ0) is 13.0. The van der Waals surface area contributed by atoms with E-state index in [1.165, 1.54) is 7.11 Å². The van der Waals surface area contributed by atoms with Crippen molar-refractivity contribution in [3.63, 3.8) is 0 Å². The molecule has 0 N–H and O–H groups in total. The number of allylic oxidation sites excluding steroid dienone is 1. The van der Waals surface area contributed by atoms with E-state index in [1.807, 2.05) is 32.9 Å². The molecule has 0 saturated carbocycles. The summed E-state index contributed by atoms with van der Waals surface area (Å²) in [5.74, 6) is -0.316. The van der Waals surface area contributed by atoms with E-state index in [0.717, 1.165) is 28.1 Å². The fourth-order valence-electron chi connectivity index (χ4n) is 1.93. The summed E-state index contributed by atoms with van der Waals surface area (Å²) >= 11 is 6.09. The normalized spacial score (nSPS) is 11.5. The molecule has 0 spiro atoms. The van der Waals surface area contributed by atoms with Gasteiger partial charge in [-0.3, -0.25) is 0 Å². The highest BCUT2D eigenvalue weighted by Crippen LogP contribution is 2.28. The Bertz CT molecular complexity index is 462. The van der Waals surface area contributed by atoms with Crippen LogP contribution in [0.15, 0.2) is 18.2 Å². The lowest BCUT2D eigenvalue weighted by molar-refractivity contribution is -0.133. The maximum Gasteiger partial charge on any atom is 0.338 e. The highest BCUT2D eigenvalue weighted by molar-refractivity contribution is 6.31. The summed E-state index contributed by atoms with van der Waals surface area (Å²) in [6, 6.07) is 3.69. The standard InChI is InChI=1S/C14H17ClO2/c1-5-10-9(3)13(15)8-7-12(10)11(6-2)14(16)17-4/h6-8H,5H2,1-4H3/b11-6+. The monoisotopic (exact) mass is 252 g/mol. The molecule has 3 heteroatoms. The van der Waals surface area contributed by atoms with Gasteiger partial charge in [-0.2, -0.15) is 0 Å². The van der Waals surface area contributed by atoms with Crippen molar-refractivity contribution in [3.05, 3.63) is 39.9 Å². The highest BCUT2D eigenvalue weighted by Gasteiger charge is 2.16. The van der Waals surface area contributed by atoms with Crippen LogP contribution in [-0.4, -0.2) is 13.1 Å². The van der Waals surface area contributed by atoms with Gasteiger partial charge in [0, 0.05) is 5.02 Å². The number of carbonyl (C=O) groups is 1. The fourth-order valence-corrected chi connectivity index (χ4v) is 2.11. The molecule has 0 bridgehead atoms. The number of methoxy groups -OCH3 is 1. The molecular weight excluding hydrogens is 236 g/mol. The van der Waals surface area contributed by atoms with Crippen molar-refractivity contribution < 1.29 is 9.53 Å². The van der Waals surface area contributed by atoms with Crippen LogP contribution in [0, 0.1) is 6.92 Å². The first-order chi connectivity index (χ1) is 8.06. The minimum absolute atomic E-state index is 0.316. The second-order valence-corrected chi connectivity index (χ2v) is 4.15. The Morgan fingerprint density at radius 2 is 2.12 bits per heavy atom. The van der Waals surface area contributed by atoms with Crippen molar-refractivity contribution in [1.29, 1.82) is 0 Å². The first-order valence-corrected chi connectivity index (χ1v) is 5.97. The third kappa shape index (κ3) is 2.70. The zero-order valence-electron chi connectivity index (χ0n) is 10.6. The van der Waals surface area contributed by atoms with E-state index in [1.54, 1.807) is 6.08 Å². The summed E-state index contributed by atoms with van der Waals surface area (Å²) < 4.78 is 4.79. The van der Waals surface area contributed by atoms with E-state index in [2.05, 4.69) is 0 Å². The van der Waals surface area contributed by atoms with Gasteiger partial charge in [0.2, 0.25) is 0 Å². The van der Waals surface area contributed by atoms with E-state index in [0.29, 0.717) is 5.57 Å². The Balaban J connectivity index is 3.40. The van der Waals surface area contributed by atoms with E-state index >= 15 is 0 Å². The van der Waals surface area contributed by atoms with Gasteiger partial charge in [-0.05, 0) is 43.0 Å². The van der Waals surface area contributed by atoms with Gasteiger partial charge in [0.15, 0.2) is 0 Å². The Morgan fingerprint density at radius 3 is 2.59 bits per heavy atom. The second-order valence-electron chi connectivity index (χ2n) is 3.75. The van der Waals surface area contributed by atoms with Crippen LogP contribution in [0.25, 0.3) is 5.57 Å². The number of hydrogen-bond donors (Lipinski definition) is 0. The SMILES string of the molecule is C/C=C(/C(=O)OC)c1ccc(Cl)c(C)c1CC. The van der Waals surface area contributed by atoms with Gasteiger partial charge < -0.3 is 4.74 Å². The van der Waals surface area contributed by atoms with E-state index in [9.17, 15) is 4.79 Å². The third-order valence-corrected chi connectivity index (χ3v) is 3.28.